The Labute approximate surface area is 121 Å². The van der Waals surface area contributed by atoms with Crippen molar-refractivity contribution >= 4 is 11.8 Å². The zero-order chi connectivity index (χ0) is 13.9. The van der Waals surface area contributed by atoms with Gasteiger partial charge >= 0.3 is 0 Å². The first-order valence-corrected chi connectivity index (χ1v) is 7.88. The van der Waals surface area contributed by atoms with Crippen LogP contribution in [-0.4, -0.2) is 35.6 Å². The largest absolute Gasteiger partial charge is 0.368 e. The molecule has 1 aromatic rings. The van der Waals surface area contributed by atoms with Gasteiger partial charge in [0.05, 0.1) is 0 Å². The highest BCUT2D eigenvalue weighted by Gasteiger charge is 2.34. The van der Waals surface area contributed by atoms with Crippen LogP contribution < -0.4 is 16.0 Å². The van der Waals surface area contributed by atoms with Crippen LogP contribution in [0.15, 0.2) is 6.07 Å². The minimum Gasteiger partial charge on any atom is -0.368 e. The Kier molecular flexibility index (Phi) is 4.05. The molecule has 0 aliphatic carbocycles. The lowest BCUT2D eigenvalue weighted by atomic mass is 9.94. The summed E-state index contributed by atoms with van der Waals surface area (Å²) in [5.41, 5.74) is 6.96. The second kappa shape index (κ2) is 5.95. The Hall–Kier alpha value is -1.36. The van der Waals surface area contributed by atoms with Crippen LogP contribution in [0.1, 0.15) is 38.3 Å². The smallest absolute Gasteiger partial charge is 0.222 e. The highest BCUT2D eigenvalue weighted by molar-refractivity contribution is 5.45. The van der Waals surface area contributed by atoms with Gasteiger partial charge in [0.2, 0.25) is 5.95 Å². The lowest BCUT2D eigenvalue weighted by Gasteiger charge is -2.24. The maximum atomic E-state index is 5.88. The molecule has 2 aliphatic heterocycles. The van der Waals surface area contributed by atoms with Crippen molar-refractivity contribution in [1.29, 1.82) is 0 Å². The third kappa shape index (κ3) is 2.87. The summed E-state index contributed by atoms with van der Waals surface area (Å²) < 4.78 is 0. The number of aromatic nitrogens is 2. The molecule has 5 nitrogen and oxygen atoms in total. The van der Waals surface area contributed by atoms with Gasteiger partial charge in [0, 0.05) is 30.9 Å². The highest BCUT2D eigenvalue weighted by Crippen LogP contribution is 2.28. The molecule has 0 aromatic carbocycles. The highest BCUT2D eigenvalue weighted by atomic mass is 15.3. The summed E-state index contributed by atoms with van der Waals surface area (Å²) in [5, 5.41) is 3.63. The van der Waals surface area contributed by atoms with E-state index in [1.165, 1.54) is 19.3 Å². The van der Waals surface area contributed by atoms with Crippen LogP contribution in [0.3, 0.4) is 0 Å². The predicted molar refractivity (Wildman–Crippen MR) is 81.8 cm³/mol. The van der Waals surface area contributed by atoms with Crippen molar-refractivity contribution in [3.8, 4) is 0 Å². The van der Waals surface area contributed by atoms with E-state index in [9.17, 15) is 0 Å². The minimum atomic E-state index is 0.413. The SMILES string of the molecule is CCCCc1cc(N2CC3CCCNC3C2)nc(N)n1. The number of rotatable bonds is 4. The van der Waals surface area contributed by atoms with Gasteiger partial charge < -0.3 is 16.0 Å². The van der Waals surface area contributed by atoms with Gasteiger partial charge in [0.1, 0.15) is 5.82 Å². The number of hydrogen-bond acceptors (Lipinski definition) is 5. The van der Waals surface area contributed by atoms with E-state index in [1.54, 1.807) is 0 Å². The number of nitrogens with two attached hydrogens (primary N) is 1. The Balaban J connectivity index is 1.74. The molecule has 1 aromatic heterocycles. The fourth-order valence-corrected chi connectivity index (χ4v) is 3.38. The number of fused-ring (bicyclic) bond motifs is 1. The van der Waals surface area contributed by atoms with E-state index in [-0.39, 0.29) is 0 Å². The molecule has 0 radical (unpaired) electrons. The first-order valence-electron chi connectivity index (χ1n) is 7.88. The zero-order valence-corrected chi connectivity index (χ0v) is 12.3. The molecule has 0 bridgehead atoms. The van der Waals surface area contributed by atoms with Crippen LogP contribution in [0, 0.1) is 5.92 Å². The number of piperidine rings is 1. The van der Waals surface area contributed by atoms with Gasteiger partial charge in [-0.2, -0.15) is 4.98 Å². The fourth-order valence-electron chi connectivity index (χ4n) is 3.38. The molecule has 0 amide bonds. The molecule has 0 saturated carbocycles. The van der Waals surface area contributed by atoms with E-state index in [2.05, 4.69) is 33.2 Å². The van der Waals surface area contributed by atoms with Crippen LogP contribution in [0.5, 0.6) is 0 Å². The summed E-state index contributed by atoms with van der Waals surface area (Å²) in [7, 11) is 0. The summed E-state index contributed by atoms with van der Waals surface area (Å²) in [6.07, 6.45) is 5.95. The summed E-state index contributed by atoms with van der Waals surface area (Å²) in [6, 6.07) is 2.75. The topological polar surface area (TPSA) is 67.1 Å². The number of nitrogens with one attached hydrogen (secondary N) is 1. The van der Waals surface area contributed by atoms with Gasteiger partial charge in [0.25, 0.3) is 0 Å². The fraction of sp³-hybridized carbons (Fsp3) is 0.733. The van der Waals surface area contributed by atoms with Crippen molar-refractivity contribution in [3.05, 3.63) is 11.8 Å². The van der Waals surface area contributed by atoms with Gasteiger partial charge in [-0.3, -0.25) is 0 Å². The quantitative estimate of drug-likeness (QED) is 0.873. The molecule has 2 aliphatic rings. The maximum Gasteiger partial charge on any atom is 0.222 e. The Morgan fingerprint density at radius 2 is 2.30 bits per heavy atom. The summed E-state index contributed by atoms with van der Waals surface area (Å²) in [4.78, 5) is 11.2. The van der Waals surface area contributed by atoms with Gasteiger partial charge in [0.15, 0.2) is 0 Å². The zero-order valence-electron chi connectivity index (χ0n) is 12.3. The van der Waals surface area contributed by atoms with E-state index in [4.69, 9.17) is 5.73 Å². The summed E-state index contributed by atoms with van der Waals surface area (Å²) >= 11 is 0. The first kappa shape index (κ1) is 13.6. The van der Waals surface area contributed by atoms with Crippen molar-refractivity contribution in [2.75, 3.05) is 30.3 Å². The number of anilines is 2. The van der Waals surface area contributed by atoms with Crippen LogP contribution in [-0.2, 0) is 6.42 Å². The van der Waals surface area contributed by atoms with E-state index in [0.29, 0.717) is 12.0 Å². The van der Waals surface area contributed by atoms with Crippen molar-refractivity contribution in [2.45, 2.75) is 45.1 Å². The lowest BCUT2D eigenvalue weighted by molar-refractivity contribution is 0.340. The van der Waals surface area contributed by atoms with Crippen LogP contribution in [0.2, 0.25) is 0 Å². The monoisotopic (exact) mass is 275 g/mol. The molecule has 3 rings (SSSR count). The minimum absolute atomic E-state index is 0.413. The van der Waals surface area contributed by atoms with Gasteiger partial charge in [-0.15, -0.1) is 0 Å². The van der Waals surface area contributed by atoms with Gasteiger partial charge in [-0.25, -0.2) is 4.98 Å². The van der Waals surface area contributed by atoms with E-state index >= 15 is 0 Å². The van der Waals surface area contributed by atoms with Crippen molar-refractivity contribution < 1.29 is 0 Å². The number of aryl methyl sites for hydroxylation is 1. The van der Waals surface area contributed by atoms with Gasteiger partial charge in [-0.1, -0.05) is 13.3 Å². The molecule has 3 heterocycles. The van der Waals surface area contributed by atoms with Crippen molar-refractivity contribution in [3.63, 3.8) is 0 Å². The average molecular weight is 275 g/mol. The molecule has 0 spiro atoms. The van der Waals surface area contributed by atoms with Crippen LogP contribution >= 0.6 is 0 Å². The summed E-state index contributed by atoms with van der Waals surface area (Å²) in [6.45, 7) is 5.50. The maximum absolute atomic E-state index is 5.88. The van der Waals surface area contributed by atoms with E-state index in [1.807, 2.05) is 0 Å². The van der Waals surface area contributed by atoms with Gasteiger partial charge in [-0.05, 0) is 38.1 Å². The Morgan fingerprint density at radius 3 is 3.10 bits per heavy atom. The van der Waals surface area contributed by atoms with E-state index in [0.717, 1.165) is 49.9 Å². The Morgan fingerprint density at radius 1 is 1.40 bits per heavy atom. The number of nitrogen functional groups attached to an aromatic ring is 1. The lowest BCUT2D eigenvalue weighted by Crippen LogP contribution is -2.40. The Bertz CT molecular complexity index is 448. The second-order valence-corrected chi connectivity index (χ2v) is 6.05. The third-order valence-corrected chi connectivity index (χ3v) is 4.49. The van der Waals surface area contributed by atoms with E-state index < -0.39 is 0 Å². The van der Waals surface area contributed by atoms with Crippen molar-refractivity contribution in [1.82, 2.24) is 15.3 Å². The normalized spacial score (nSPS) is 25.8. The molecule has 2 saturated heterocycles. The standard InChI is InChI=1S/C15H25N5/c1-2-3-6-12-8-14(19-15(16)18-12)20-9-11-5-4-7-17-13(11)10-20/h8,11,13,17H,2-7,9-10H2,1H3,(H2,16,18,19). The molecular weight excluding hydrogens is 250 g/mol. The number of hydrogen-bond donors (Lipinski definition) is 2. The number of unbranched alkanes of at least 4 members (excludes halogenated alkanes) is 1. The molecule has 20 heavy (non-hydrogen) atoms. The molecule has 2 fully saturated rings. The third-order valence-electron chi connectivity index (χ3n) is 4.49. The van der Waals surface area contributed by atoms with Crippen LogP contribution in [0.25, 0.3) is 0 Å². The summed E-state index contributed by atoms with van der Waals surface area (Å²) in [5.74, 6) is 2.19. The first-order chi connectivity index (χ1) is 9.76. The van der Waals surface area contributed by atoms with Crippen molar-refractivity contribution in [2.24, 2.45) is 5.92 Å². The molecular formula is C15H25N5. The number of nitrogens with zero attached hydrogens (tertiary/aromatic N) is 3. The molecule has 3 N–H and O–H groups in total. The predicted octanol–water partition coefficient (Wildman–Crippen LogP) is 1.59. The molecule has 110 valence electrons. The second-order valence-electron chi connectivity index (χ2n) is 6.05. The molecule has 5 heteroatoms. The van der Waals surface area contributed by atoms with Crippen LogP contribution in [0.4, 0.5) is 11.8 Å². The molecule has 2 atom stereocenters. The molecule has 2 unspecified atom stereocenters. The average Bonchev–Trinajstić information content (AvgIpc) is 2.88.